The summed E-state index contributed by atoms with van der Waals surface area (Å²) in [5, 5.41) is 0. The van der Waals surface area contributed by atoms with Crippen molar-refractivity contribution in [3.05, 3.63) is 72.1 Å². The molecule has 23 heavy (non-hydrogen) atoms. The van der Waals surface area contributed by atoms with E-state index < -0.39 is 0 Å². The zero-order valence-electron chi connectivity index (χ0n) is 13.1. The van der Waals surface area contributed by atoms with Crippen LogP contribution in [0.5, 0.6) is 11.5 Å². The molecule has 0 saturated carbocycles. The number of nitrogens with zero attached hydrogens (tertiary/aromatic N) is 2. The molecule has 0 bridgehead atoms. The van der Waals surface area contributed by atoms with Crippen molar-refractivity contribution in [1.82, 2.24) is 4.98 Å². The summed E-state index contributed by atoms with van der Waals surface area (Å²) in [7, 11) is 0. The Labute approximate surface area is 135 Å². The van der Waals surface area contributed by atoms with Crippen LogP contribution in [0.2, 0.25) is 0 Å². The smallest absolute Gasteiger partial charge is 0.154 e. The average Bonchev–Trinajstić information content (AvgIpc) is 2.58. The van der Waals surface area contributed by atoms with Gasteiger partial charge >= 0.3 is 0 Å². The summed E-state index contributed by atoms with van der Waals surface area (Å²) < 4.78 is 6.15. The Morgan fingerprint density at radius 1 is 0.870 bits per heavy atom. The fourth-order valence-corrected chi connectivity index (χ4v) is 3.80. The third kappa shape index (κ3) is 1.51. The Hall–Kier alpha value is -2.81. The van der Waals surface area contributed by atoms with Crippen LogP contribution in [0.3, 0.4) is 0 Å². The van der Waals surface area contributed by atoms with Crippen molar-refractivity contribution < 1.29 is 4.74 Å². The highest BCUT2D eigenvalue weighted by atomic mass is 16.5. The fourth-order valence-electron chi connectivity index (χ4n) is 3.80. The molecule has 1 aromatic heterocycles. The van der Waals surface area contributed by atoms with E-state index in [9.17, 15) is 0 Å². The topological polar surface area (TPSA) is 25.4 Å². The van der Waals surface area contributed by atoms with Crippen molar-refractivity contribution in [3.8, 4) is 11.5 Å². The van der Waals surface area contributed by atoms with Crippen molar-refractivity contribution in [3.63, 3.8) is 0 Å². The van der Waals surface area contributed by atoms with Crippen LogP contribution in [0.25, 0.3) is 0 Å². The third-order valence-corrected chi connectivity index (χ3v) is 4.94. The van der Waals surface area contributed by atoms with E-state index in [4.69, 9.17) is 4.74 Å². The number of ether oxygens (including phenoxy) is 1. The van der Waals surface area contributed by atoms with Gasteiger partial charge < -0.3 is 9.64 Å². The van der Waals surface area contributed by atoms with Gasteiger partial charge in [0.15, 0.2) is 11.5 Å². The zero-order valence-corrected chi connectivity index (χ0v) is 13.1. The van der Waals surface area contributed by atoms with E-state index in [0.717, 1.165) is 22.9 Å². The van der Waals surface area contributed by atoms with Gasteiger partial charge in [-0.2, -0.15) is 0 Å². The SMILES string of the molecule is CC1(C)c2ccccc2N2c3cnccc3Oc3cccc1c32. The molecule has 2 aromatic carbocycles. The van der Waals surface area contributed by atoms with E-state index in [1.807, 2.05) is 18.3 Å². The highest BCUT2D eigenvalue weighted by Gasteiger charge is 2.41. The first kappa shape index (κ1) is 12.7. The summed E-state index contributed by atoms with van der Waals surface area (Å²) in [4.78, 5) is 6.60. The maximum atomic E-state index is 6.15. The maximum absolute atomic E-state index is 6.15. The number of pyridine rings is 1. The molecule has 0 radical (unpaired) electrons. The molecule has 0 N–H and O–H groups in total. The Balaban J connectivity index is 1.92. The van der Waals surface area contributed by atoms with E-state index in [1.165, 1.54) is 16.8 Å². The molecule has 3 aromatic rings. The lowest BCUT2D eigenvalue weighted by Crippen LogP contribution is -2.32. The number of para-hydroxylation sites is 2. The number of fused-ring (bicyclic) bond motifs is 4. The van der Waals surface area contributed by atoms with Crippen LogP contribution in [0.1, 0.15) is 25.0 Å². The Morgan fingerprint density at radius 2 is 1.70 bits per heavy atom. The molecule has 0 aliphatic carbocycles. The molecule has 0 saturated heterocycles. The Morgan fingerprint density at radius 3 is 2.61 bits per heavy atom. The van der Waals surface area contributed by atoms with Crippen molar-refractivity contribution >= 4 is 17.1 Å². The van der Waals surface area contributed by atoms with Crippen LogP contribution >= 0.6 is 0 Å². The predicted molar refractivity (Wildman–Crippen MR) is 91.1 cm³/mol. The molecule has 3 nitrogen and oxygen atoms in total. The van der Waals surface area contributed by atoms with Crippen LogP contribution in [-0.4, -0.2) is 4.98 Å². The first-order valence-corrected chi connectivity index (χ1v) is 7.83. The number of aromatic nitrogens is 1. The van der Waals surface area contributed by atoms with Gasteiger partial charge in [0.1, 0.15) is 5.69 Å². The molecule has 3 heteroatoms. The van der Waals surface area contributed by atoms with E-state index >= 15 is 0 Å². The monoisotopic (exact) mass is 300 g/mol. The number of rotatable bonds is 0. The van der Waals surface area contributed by atoms with Crippen LogP contribution in [0, 0.1) is 0 Å². The molecule has 2 aliphatic heterocycles. The lowest BCUT2D eigenvalue weighted by atomic mass is 9.73. The lowest BCUT2D eigenvalue weighted by molar-refractivity contribution is 0.470. The minimum Gasteiger partial charge on any atom is -0.453 e. The van der Waals surface area contributed by atoms with Crippen LogP contribution in [0.15, 0.2) is 60.9 Å². The van der Waals surface area contributed by atoms with E-state index in [0.29, 0.717) is 0 Å². The van der Waals surface area contributed by atoms with Crippen LogP contribution in [-0.2, 0) is 5.41 Å². The third-order valence-electron chi connectivity index (χ3n) is 4.94. The quantitative estimate of drug-likeness (QED) is 0.441. The number of hydrogen-bond donors (Lipinski definition) is 0. The zero-order chi connectivity index (χ0) is 15.6. The Bertz CT molecular complexity index is 946. The van der Waals surface area contributed by atoms with Gasteiger partial charge in [-0.15, -0.1) is 0 Å². The highest BCUT2D eigenvalue weighted by molar-refractivity contribution is 5.92. The van der Waals surface area contributed by atoms with Crippen molar-refractivity contribution in [2.24, 2.45) is 0 Å². The van der Waals surface area contributed by atoms with Gasteiger partial charge in [0.05, 0.1) is 17.6 Å². The maximum Gasteiger partial charge on any atom is 0.154 e. The minimum atomic E-state index is -0.0679. The molecule has 0 amide bonds. The Kier molecular flexibility index (Phi) is 2.28. The van der Waals surface area contributed by atoms with Gasteiger partial charge in [-0.25, -0.2) is 0 Å². The summed E-state index contributed by atoms with van der Waals surface area (Å²) in [6.45, 7) is 4.55. The van der Waals surface area contributed by atoms with Crippen LogP contribution < -0.4 is 9.64 Å². The molecule has 112 valence electrons. The standard InChI is InChI=1S/C20H16N2O/c1-20(2)13-6-3-4-8-15(13)22-16-12-21-11-10-17(16)23-18-9-5-7-14(20)19(18)22/h3-12H,1-2H3. The molecular formula is C20H16N2O. The van der Waals surface area contributed by atoms with Gasteiger partial charge in [-0.05, 0) is 23.3 Å². The average molecular weight is 300 g/mol. The molecule has 0 fully saturated rings. The summed E-state index contributed by atoms with van der Waals surface area (Å²) in [6, 6.07) is 16.8. The first-order valence-electron chi connectivity index (χ1n) is 7.83. The van der Waals surface area contributed by atoms with Gasteiger partial charge in [-0.3, -0.25) is 4.98 Å². The first-order chi connectivity index (χ1) is 11.2. The normalized spacial score (nSPS) is 16.0. The summed E-state index contributed by atoms with van der Waals surface area (Å²) >= 11 is 0. The molecule has 0 unspecified atom stereocenters. The van der Waals surface area contributed by atoms with Crippen molar-refractivity contribution in [1.29, 1.82) is 0 Å². The second-order valence-corrected chi connectivity index (χ2v) is 6.58. The second kappa shape index (κ2) is 4.13. The molecule has 0 atom stereocenters. The van der Waals surface area contributed by atoms with E-state index in [1.54, 1.807) is 6.20 Å². The molecule has 0 spiro atoms. The summed E-state index contributed by atoms with van der Waals surface area (Å²) in [5.74, 6) is 1.75. The largest absolute Gasteiger partial charge is 0.453 e. The van der Waals surface area contributed by atoms with E-state index in [-0.39, 0.29) is 5.41 Å². The summed E-state index contributed by atoms with van der Waals surface area (Å²) in [6.07, 6.45) is 3.65. The molecule has 5 rings (SSSR count). The number of benzene rings is 2. The number of hydrogen-bond acceptors (Lipinski definition) is 3. The summed E-state index contributed by atoms with van der Waals surface area (Å²) in [5.41, 5.74) is 5.87. The highest BCUT2D eigenvalue weighted by Crippen LogP contribution is 2.59. The number of anilines is 3. The van der Waals surface area contributed by atoms with Gasteiger partial charge in [0.25, 0.3) is 0 Å². The molecular weight excluding hydrogens is 284 g/mol. The lowest BCUT2D eigenvalue weighted by Gasteiger charge is -2.44. The van der Waals surface area contributed by atoms with Crippen molar-refractivity contribution in [2.75, 3.05) is 4.90 Å². The molecule has 3 heterocycles. The van der Waals surface area contributed by atoms with Gasteiger partial charge in [0.2, 0.25) is 0 Å². The fraction of sp³-hybridized carbons (Fsp3) is 0.150. The van der Waals surface area contributed by atoms with E-state index in [2.05, 4.69) is 60.1 Å². The van der Waals surface area contributed by atoms with Crippen molar-refractivity contribution in [2.45, 2.75) is 19.3 Å². The molecule has 2 aliphatic rings. The van der Waals surface area contributed by atoms with Gasteiger partial charge in [-0.1, -0.05) is 44.2 Å². The van der Waals surface area contributed by atoms with Crippen LogP contribution in [0.4, 0.5) is 17.1 Å². The minimum absolute atomic E-state index is 0.0679. The van der Waals surface area contributed by atoms with Gasteiger partial charge in [0, 0.05) is 17.7 Å². The second-order valence-electron chi connectivity index (χ2n) is 6.58. The predicted octanol–water partition coefficient (Wildman–Crippen LogP) is 5.30.